The second kappa shape index (κ2) is 8.03. The Labute approximate surface area is 180 Å². The topological polar surface area (TPSA) is 97.0 Å². The summed E-state index contributed by atoms with van der Waals surface area (Å²) in [6.07, 6.45) is 1.61. The van der Waals surface area contributed by atoms with Crippen molar-refractivity contribution in [1.29, 1.82) is 0 Å². The van der Waals surface area contributed by atoms with E-state index in [2.05, 4.69) is 19.9 Å². The highest BCUT2D eigenvalue weighted by atomic mass is 35.5. The first-order chi connectivity index (χ1) is 13.9. The van der Waals surface area contributed by atoms with Gasteiger partial charge in [0.05, 0.1) is 21.1 Å². The van der Waals surface area contributed by atoms with Crippen LogP contribution in [0.15, 0.2) is 64.4 Å². The SMILES string of the molecule is O=S(=O)(Nc1cscn1)c1ccc(Oc2ccc(Cl)cc2-c2ccn[nH]2)c(Cl)c1. The van der Waals surface area contributed by atoms with Crippen molar-refractivity contribution in [2.45, 2.75) is 4.90 Å². The van der Waals surface area contributed by atoms with Crippen molar-refractivity contribution in [1.82, 2.24) is 15.2 Å². The molecule has 0 atom stereocenters. The number of ether oxygens (including phenoxy) is 1. The first-order valence-corrected chi connectivity index (χ1v) is 11.3. The molecule has 2 aromatic carbocycles. The van der Waals surface area contributed by atoms with Crippen molar-refractivity contribution in [2.24, 2.45) is 0 Å². The number of benzene rings is 2. The largest absolute Gasteiger partial charge is 0.455 e. The van der Waals surface area contributed by atoms with E-state index in [1.54, 1.807) is 35.8 Å². The van der Waals surface area contributed by atoms with Crippen LogP contribution in [0.3, 0.4) is 0 Å². The minimum atomic E-state index is -3.82. The van der Waals surface area contributed by atoms with Gasteiger partial charge in [0.1, 0.15) is 11.5 Å². The first kappa shape index (κ1) is 19.7. The van der Waals surface area contributed by atoms with Crippen molar-refractivity contribution in [3.8, 4) is 22.8 Å². The maximum absolute atomic E-state index is 12.5. The van der Waals surface area contributed by atoms with E-state index >= 15 is 0 Å². The molecule has 0 radical (unpaired) electrons. The molecule has 4 aromatic rings. The molecular weight excluding hydrogens is 455 g/mol. The fourth-order valence-corrected chi connectivity index (χ4v) is 4.56. The van der Waals surface area contributed by atoms with E-state index in [0.29, 0.717) is 27.8 Å². The van der Waals surface area contributed by atoms with Gasteiger partial charge in [-0.15, -0.1) is 11.3 Å². The lowest BCUT2D eigenvalue weighted by Gasteiger charge is -2.13. The molecule has 29 heavy (non-hydrogen) atoms. The Bertz CT molecular complexity index is 1240. The Morgan fingerprint density at radius 1 is 1.07 bits per heavy atom. The Morgan fingerprint density at radius 3 is 2.59 bits per heavy atom. The van der Waals surface area contributed by atoms with Gasteiger partial charge < -0.3 is 4.74 Å². The van der Waals surface area contributed by atoms with Gasteiger partial charge >= 0.3 is 0 Å². The molecule has 11 heteroatoms. The quantitative estimate of drug-likeness (QED) is 0.394. The summed E-state index contributed by atoms with van der Waals surface area (Å²) in [5.74, 6) is 1.02. The highest BCUT2D eigenvalue weighted by Crippen LogP contribution is 2.37. The molecule has 4 rings (SSSR count). The predicted octanol–water partition coefficient (Wildman–Crippen LogP) is 5.43. The summed E-state index contributed by atoms with van der Waals surface area (Å²) in [5.41, 5.74) is 2.93. The van der Waals surface area contributed by atoms with Crippen molar-refractivity contribution < 1.29 is 13.2 Å². The number of rotatable bonds is 6. The average molecular weight is 467 g/mol. The molecule has 0 aliphatic rings. The summed E-state index contributed by atoms with van der Waals surface area (Å²) >= 11 is 13.7. The van der Waals surface area contributed by atoms with E-state index in [4.69, 9.17) is 27.9 Å². The molecule has 0 aliphatic carbocycles. The maximum atomic E-state index is 12.5. The molecule has 0 fully saturated rings. The number of nitrogens with zero attached hydrogens (tertiary/aromatic N) is 2. The van der Waals surface area contributed by atoms with E-state index in [-0.39, 0.29) is 15.7 Å². The van der Waals surface area contributed by atoms with Crippen LogP contribution in [0.5, 0.6) is 11.5 Å². The van der Waals surface area contributed by atoms with Gasteiger partial charge in [-0.2, -0.15) is 5.10 Å². The smallest absolute Gasteiger partial charge is 0.263 e. The van der Waals surface area contributed by atoms with Gasteiger partial charge in [0.15, 0.2) is 5.82 Å². The lowest BCUT2D eigenvalue weighted by Crippen LogP contribution is -2.13. The summed E-state index contributed by atoms with van der Waals surface area (Å²) in [6.45, 7) is 0. The number of anilines is 1. The van der Waals surface area contributed by atoms with Crippen LogP contribution in [0.4, 0.5) is 5.82 Å². The zero-order chi connectivity index (χ0) is 20.4. The molecule has 0 aliphatic heterocycles. The average Bonchev–Trinajstić information content (AvgIpc) is 3.38. The van der Waals surface area contributed by atoms with Crippen LogP contribution in [-0.2, 0) is 10.0 Å². The Hall–Kier alpha value is -2.59. The van der Waals surface area contributed by atoms with Gasteiger partial charge in [-0.1, -0.05) is 23.2 Å². The van der Waals surface area contributed by atoms with Gasteiger partial charge in [-0.25, -0.2) is 13.4 Å². The number of nitrogens with one attached hydrogen (secondary N) is 2. The summed E-state index contributed by atoms with van der Waals surface area (Å²) in [6, 6.07) is 11.1. The molecule has 0 saturated carbocycles. The van der Waals surface area contributed by atoms with Crippen LogP contribution in [0.2, 0.25) is 10.0 Å². The minimum Gasteiger partial charge on any atom is -0.455 e. The van der Waals surface area contributed by atoms with Crippen molar-refractivity contribution in [3.05, 3.63) is 69.6 Å². The van der Waals surface area contributed by atoms with E-state index in [9.17, 15) is 8.42 Å². The maximum Gasteiger partial charge on any atom is 0.263 e. The van der Waals surface area contributed by atoms with Crippen molar-refractivity contribution in [2.75, 3.05) is 4.72 Å². The molecule has 2 heterocycles. The molecule has 0 saturated heterocycles. The van der Waals surface area contributed by atoms with Crippen molar-refractivity contribution in [3.63, 3.8) is 0 Å². The number of aromatic amines is 1. The number of sulfonamides is 1. The third-order valence-corrected chi connectivity index (χ3v) is 6.31. The van der Waals surface area contributed by atoms with E-state index in [1.807, 2.05) is 0 Å². The van der Waals surface area contributed by atoms with Crippen LogP contribution in [0.25, 0.3) is 11.3 Å². The van der Waals surface area contributed by atoms with E-state index < -0.39 is 10.0 Å². The summed E-state index contributed by atoms with van der Waals surface area (Å²) in [5, 5.41) is 9.05. The summed E-state index contributed by atoms with van der Waals surface area (Å²) < 4.78 is 33.3. The lowest BCUT2D eigenvalue weighted by molar-refractivity contribution is 0.484. The Kier molecular flexibility index (Phi) is 5.46. The monoisotopic (exact) mass is 466 g/mol. The molecule has 0 unspecified atom stereocenters. The number of hydrogen-bond acceptors (Lipinski definition) is 6. The van der Waals surface area contributed by atoms with Gasteiger partial charge in [0.2, 0.25) is 0 Å². The summed E-state index contributed by atoms with van der Waals surface area (Å²) in [4.78, 5) is 3.91. The third kappa shape index (κ3) is 4.38. The van der Waals surface area contributed by atoms with Gasteiger partial charge in [-0.05, 0) is 42.5 Å². The molecule has 0 bridgehead atoms. The third-order valence-electron chi connectivity index (χ3n) is 3.84. The van der Waals surface area contributed by atoms with Crippen LogP contribution in [0, 0.1) is 0 Å². The van der Waals surface area contributed by atoms with Gasteiger partial charge in [0.25, 0.3) is 10.0 Å². The van der Waals surface area contributed by atoms with E-state index in [0.717, 1.165) is 0 Å². The van der Waals surface area contributed by atoms with Crippen LogP contribution in [0.1, 0.15) is 0 Å². The van der Waals surface area contributed by atoms with Crippen LogP contribution < -0.4 is 9.46 Å². The van der Waals surface area contributed by atoms with Crippen molar-refractivity contribution >= 4 is 50.4 Å². The first-order valence-electron chi connectivity index (χ1n) is 8.10. The van der Waals surface area contributed by atoms with E-state index in [1.165, 1.54) is 35.0 Å². The summed E-state index contributed by atoms with van der Waals surface area (Å²) in [7, 11) is -3.82. The number of H-pyrrole nitrogens is 1. The molecule has 148 valence electrons. The molecule has 0 spiro atoms. The Morgan fingerprint density at radius 2 is 1.90 bits per heavy atom. The predicted molar refractivity (Wildman–Crippen MR) is 113 cm³/mol. The minimum absolute atomic E-state index is 0.00672. The molecule has 7 nitrogen and oxygen atoms in total. The highest BCUT2D eigenvalue weighted by molar-refractivity contribution is 7.92. The lowest BCUT2D eigenvalue weighted by atomic mass is 10.1. The highest BCUT2D eigenvalue weighted by Gasteiger charge is 2.18. The van der Waals surface area contributed by atoms with Crippen LogP contribution in [-0.4, -0.2) is 23.6 Å². The second-order valence-corrected chi connectivity index (χ2v) is 9.03. The molecule has 0 amide bonds. The number of halogens is 2. The number of aromatic nitrogens is 3. The normalized spacial score (nSPS) is 11.4. The molecular formula is C18H12Cl2N4O3S2. The molecule has 2 N–H and O–H groups in total. The number of hydrogen-bond donors (Lipinski definition) is 2. The van der Waals surface area contributed by atoms with Gasteiger partial charge in [-0.3, -0.25) is 9.82 Å². The van der Waals surface area contributed by atoms with Crippen LogP contribution >= 0.6 is 34.5 Å². The molecule has 2 aromatic heterocycles. The second-order valence-electron chi connectivity index (χ2n) is 5.78. The Balaban J connectivity index is 1.63. The zero-order valence-corrected chi connectivity index (χ0v) is 17.6. The standard InChI is InChI=1S/C18H12Cl2N4O3S2/c19-11-1-3-16(13(7-11)15-5-6-22-23-15)27-17-4-2-12(8-14(17)20)29(25,26)24-18-9-28-10-21-18/h1-10,24H,(H,22,23). The fourth-order valence-electron chi connectivity index (χ4n) is 2.52. The number of thiazole rings is 1. The van der Waals surface area contributed by atoms with Gasteiger partial charge in [0, 0.05) is 22.2 Å². The fraction of sp³-hybridized carbons (Fsp3) is 0. The zero-order valence-electron chi connectivity index (χ0n) is 14.5.